The van der Waals surface area contributed by atoms with Gasteiger partial charge in [-0.05, 0) is 68.6 Å². The van der Waals surface area contributed by atoms with Crippen molar-refractivity contribution in [1.29, 1.82) is 0 Å². The minimum atomic E-state index is -1.61. The van der Waals surface area contributed by atoms with Gasteiger partial charge in [0.15, 0.2) is 18.9 Å². The third kappa shape index (κ3) is 6.90. The fourth-order valence-electron chi connectivity index (χ4n) is 10.0. The lowest BCUT2D eigenvalue weighted by atomic mass is 9.44. The van der Waals surface area contributed by atoms with Gasteiger partial charge in [0, 0.05) is 5.41 Å². The molecule has 8 N–H and O–H groups in total. The Labute approximate surface area is 299 Å². The molecule has 0 amide bonds. The van der Waals surface area contributed by atoms with Crippen LogP contribution in [0, 0.1) is 28.1 Å². The minimum Gasteiger partial charge on any atom is -0.388 e. The molecule has 0 bridgehead atoms. The topological polar surface area (TPSA) is 217 Å². The molecule has 20 atom stereocenters. The van der Waals surface area contributed by atoms with E-state index in [0.717, 1.165) is 19.3 Å². The van der Waals surface area contributed by atoms with E-state index in [1.54, 1.807) is 6.92 Å². The van der Waals surface area contributed by atoms with Gasteiger partial charge in [0.2, 0.25) is 0 Å². The number of fused-ring (bicyclic) bond motifs is 3. The highest BCUT2D eigenvalue weighted by atomic mass is 16.8. The lowest BCUT2D eigenvalue weighted by molar-refractivity contribution is -0.363. The predicted molar refractivity (Wildman–Crippen MR) is 179 cm³/mol. The summed E-state index contributed by atoms with van der Waals surface area (Å²) in [6.45, 7) is 15.8. The van der Waals surface area contributed by atoms with Crippen molar-refractivity contribution < 1.29 is 69.3 Å². The Morgan fingerprint density at radius 1 is 0.725 bits per heavy atom. The molecule has 51 heavy (non-hydrogen) atoms. The summed E-state index contributed by atoms with van der Waals surface area (Å²) in [4.78, 5) is 0. The maximum absolute atomic E-state index is 11.0. The zero-order valence-corrected chi connectivity index (χ0v) is 30.5. The molecule has 3 saturated heterocycles. The van der Waals surface area contributed by atoms with Gasteiger partial charge in [-0.25, -0.2) is 0 Å². The molecule has 3 aliphatic heterocycles. The molecule has 0 radical (unpaired) electrons. The number of allylic oxidation sites excluding steroid dienone is 1. The Bertz CT molecular complexity index is 1280. The van der Waals surface area contributed by atoms with E-state index in [-0.39, 0.29) is 30.0 Å². The van der Waals surface area contributed by atoms with Crippen molar-refractivity contribution in [3.63, 3.8) is 0 Å². The van der Waals surface area contributed by atoms with Crippen molar-refractivity contribution in [1.82, 2.24) is 0 Å². The van der Waals surface area contributed by atoms with Crippen molar-refractivity contribution in [2.75, 3.05) is 6.61 Å². The molecule has 0 aromatic carbocycles. The van der Waals surface area contributed by atoms with E-state index in [4.69, 9.17) is 28.4 Å². The van der Waals surface area contributed by atoms with Crippen LogP contribution in [0.25, 0.3) is 0 Å². The molecule has 0 unspecified atom stereocenters. The zero-order valence-electron chi connectivity index (χ0n) is 30.5. The van der Waals surface area contributed by atoms with E-state index >= 15 is 0 Å². The fourth-order valence-corrected chi connectivity index (χ4v) is 10.0. The molecule has 0 spiro atoms. The van der Waals surface area contributed by atoms with E-state index in [1.165, 1.54) is 12.5 Å². The normalized spacial score (nSPS) is 54.5. The average molecular weight is 729 g/mol. The summed E-state index contributed by atoms with van der Waals surface area (Å²) >= 11 is 0. The summed E-state index contributed by atoms with van der Waals surface area (Å²) in [6.07, 6.45) is -10.6. The molecule has 6 rings (SSSR count). The van der Waals surface area contributed by atoms with Crippen LogP contribution in [0.4, 0.5) is 0 Å². The smallest absolute Gasteiger partial charge is 0.187 e. The lowest BCUT2D eigenvalue weighted by Crippen LogP contribution is -2.63. The number of aliphatic hydroxyl groups excluding tert-OH is 8. The van der Waals surface area contributed by atoms with Crippen LogP contribution in [0.2, 0.25) is 0 Å². The summed E-state index contributed by atoms with van der Waals surface area (Å²) in [6, 6.07) is 0. The van der Waals surface area contributed by atoms with Gasteiger partial charge < -0.3 is 69.3 Å². The fraction of sp³-hybridized carbons (Fsp3) is 0.892. The number of rotatable bonds is 7. The Hall–Kier alpha value is -1.08. The highest BCUT2D eigenvalue weighted by Crippen LogP contribution is 2.64. The maximum Gasteiger partial charge on any atom is 0.187 e. The summed E-state index contributed by atoms with van der Waals surface area (Å²) in [5, 5.41) is 84.1. The van der Waals surface area contributed by atoms with Gasteiger partial charge >= 0.3 is 0 Å². The maximum atomic E-state index is 11.0. The molecule has 14 heteroatoms. The number of aliphatic hydroxyl groups is 8. The largest absolute Gasteiger partial charge is 0.388 e. The first kappa shape index (κ1) is 39.6. The molecular weight excluding hydrogens is 668 g/mol. The minimum absolute atomic E-state index is 0.135. The predicted octanol–water partition coefficient (Wildman–Crippen LogP) is 0.250. The molecule has 0 aromatic rings. The van der Waals surface area contributed by atoms with Gasteiger partial charge in [0.05, 0.1) is 31.0 Å². The van der Waals surface area contributed by atoms with Gasteiger partial charge in [-0.3, -0.25) is 0 Å². The molecule has 292 valence electrons. The highest BCUT2D eigenvalue weighted by Gasteiger charge is 2.60. The Morgan fingerprint density at radius 2 is 1.29 bits per heavy atom. The Morgan fingerprint density at radius 3 is 1.88 bits per heavy atom. The van der Waals surface area contributed by atoms with E-state index in [0.29, 0.717) is 12.8 Å². The van der Waals surface area contributed by atoms with Crippen molar-refractivity contribution in [3.8, 4) is 0 Å². The van der Waals surface area contributed by atoms with Gasteiger partial charge in [-0.15, -0.1) is 6.58 Å². The van der Waals surface area contributed by atoms with Crippen LogP contribution < -0.4 is 0 Å². The van der Waals surface area contributed by atoms with Crippen LogP contribution in [0.5, 0.6) is 0 Å². The first-order valence-electron chi connectivity index (χ1n) is 18.5. The van der Waals surface area contributed by atoms with Crippen molar-refractivity contribution >= 4 is 0 Å². The molecule has 2 saturated carbocycles. The number of ether oxygens (including phenoxy) is 6. The van der Waals surface area contributed by atoms with Crippen LogP contribution in [0.3, 0.4) is 0 Å². The first-order valence-corrected chi connectivity index (χ1v) is 18.5. The van der Waals surface area contributed by atoms with Crippen LogP contribution in [0.15, 0.2) is 24.3 Å². The van der Waals surface area contributed by atoms with E-state index in [9.17, 15) is 40.9 Å². The molecule has 6 aliphatic rings. The van der Waals surface area contributed by atoms with Crippen molar-refractivity contribution in [3.05, 3.63) is 24.3 Å². The molecular formula is C37H60O14. The zero-order chi connectivity index (χ0) is 37.4. The second-order valence-corrected chi connectivity index (χ2v) is 17.0. The van der Waals surface area contributed by atoms with Gasteiger partial charge in [0.25, 0.3) is 0 Å². The molecule has 3 heterocycles. The van der Waals surface area contributed by atoms with Crippen LogP contribution in [0.1, 0.15) is 73.6 Å². The van der Waals surface area contributed by atoms with E-state index < -0.39 is 103 Å². The summed E-state index contributed by atoms with van der Waals surface area (Å²) < 4.78 is 36.5. The summed E-state index contributed by atoms with van der Waals surface area (Å²) in [7, 11) is 0. The molecule has 3 aliphatic carbocycles. The Kier molecular flexibility index (Phi) is 11.3. The molecule has 14 nitrogen and oxygen atoms in total. The number of hydrogen-bond donors (Lipinski definition) is 8. The monoisotopic (exact) mass is 728 g/mol. The average Bonchev–Trinajstić information content (AvgIpc) is 3.08. The lowest BCUT2D eigenvalue weighted by Gasteiger charge is -2.62. The van der Waals surface area contributed by atoms with Crippen LogP contribution >= 0.6 is 0 Å². The van der Waals surface area contributed by atoms with Crippen LogP contribution in [-0.2, 0) is 28.4 Å². The third-order valence-electron chi connectivity index (χ3n) is 13.4. The Balaban J connectivity index is 1.20. The highest BCUT2D eigenvalue weighted by molar-refractivity contribution is 5.29. The van der Waals surface area contributed by atoms with Gasteiger partial charge in [0.1, 0.15) is 54.9 Å². The molecule has 0 aromatic heterocycles. The second kappa shape index (κ2) is 14.5. The van der Waals surface area contributed by atoms with Crippen molar-refractivity contribution in [2.45, 2.75) is 172 Å². The van der Waals surface area contributed by atoms with E-state index in [1.807, 2.05) is 6.08 Å². The van der Waals surface area contributed by atoms with E-state index in [2.05, 4.69) is 40.3 Å². The first-order chi connectivity index (χ1) is 23.8. The standard InChI is InChI=1S/C37H60O14/c1-8-36(6)14-18-9-10-21-35(4,5)22(11-12-37(21,7)19(18)13-23(36)50-32-29(44)27(42)24(39)16(2)47-32)49-34-31(26(41)20(38)15-46-34)51-33-30(45)28(43)25(40)17(3)48-33/h8,14,16-17,19-34,38-45H,1,9-13,15H2,2-7H3/t16-,17-,19+,20-,21-,22-,23+,24+,25+,26-,27+,28+,29-,30-,31+,32-,33+,34-,36+,37-/m0/s1. The SMILES string of the molecule is C=C[C@]1(C)C=C2CC[C@H]3C(C)(C)[C@@H](O[C@@H]4OC[C@H](O)[C@H](O)[C@H]4O[C@H]4O[C@@H](C)[C@@H](O)[C@@H](O)[C@@H]4O)CC[C@@]3(C)[C@@H]2C[C@H]1O[C@@H]1O[C@@H](C)[C@@H](O)[C@@H](O)[C@@H]1O. The van der Waals surface area contributed by atoms with Gasteiger partial charge in [-0.2, -0.15) is 0 Å². The number of hydrogen-bond acceptors (Lipinski definition) is 14. The third-order valence-corrected chi connectivity index (χ3v) is 13.4. The van der Waals surface area contributed by atoms with Crippen molar-refractivity contribution in [2.24, 2.45) is 28.1 Å². The van der Waals surface area contributed by atoms with Gasteiger partial charge in [-0.1, -0.05) is 45.4 Å². The quantitative estimate of drug-likeness (QED) is 0.130. The van der Waals surface area contributed by atoms with Crippen LogP contribution in [-0.4, -0.2) is 146 Å². The second-order valence-electron chi connectivity index (χ2n) is 17.0. The summed E-state index contributed by atoms with van der Waals surface area (Å²) in [5.41, 5.74) is 0.225. The summed E-state index contributed by atoms with van der Waals surface area (Å²) in [5.74, 6) is 0.323. The molecule has 5 fully saturated rings.